The van der Waals surface area contributed by atoms with Gasteiger partial charge < -0.3 is 15.4 Å². The van der Waals surface area contributed by atoms with E-state index < -0.39 is 0 Å². The number of aromatic amines is 1. The zero-order chi connectivity index (χ0) is 12.1. The molecule has 1 heterocycles. The molecule has 0 aliphatic carbocycles. The van der Waals surface area contributed by atoms with Crippen molar-refractivity contribution in [3.8, 4) is 0 Å². The van der Waals surface area contributed by atoms with Crippen LogP contribution in [0.2, 0.25) is 10.2 Å². The first kappa shape index (κ1) is 13.4. The van der Waals surface area contributed by atoms with Crippen molar-refractivity contribution in [3.05, 3.63) is 21.9 Å². The standard InChI is InChI=1S/C10H14Cl2N2O2/c1-6(2-3-15)5-13-10(16)8-4-7(11)9(12)14-8/h4,6,14-15H,2-3,5H2,1H3,(H,13,16). The highest BCUT2D eigenvalue weighted by Crippen LogP contribution is 2.21. The number of aliphatic hydroxyl groups is 1. The van der Waals surface area contributed by atoms with Crippen molar-refractivity contribution < 1.29 is 9.90 Å². The third kappa shape index (κ3) is 3.70. The van der Waals surface area contributed by atoms with Crippen LogP contribution in [0.3, 0.4) is 0 Å². The van der Waals surface area contributed by atoms with Gasteiger partial charge in [-0.25, -0.2) is 0 Å². The summed E-state index contributed by atoms with van der Waals surface area (Å²) in [6, 6.07) is 1.48. The lowest BCUT2D eigenvalue weighted by Gasteiger charge is -2.10. The highest BCUT2D eigenvalue weighted by Gasteiger charge is 2.12. The summed E-state index contributed by atoms with van der Waals surface area (Å²) in [7, 11) is 0. The Morgan fingerprint density at radius 1 is 1.62 bits per heavy atom. The van der Waals surface area contributed by atoms with Crippen LogP contribution in [-0.4, -0.2) is 29.1 Å². The van der Waals surface area contributed by atoms with Crippen LogP contribution >= 0.6 is 23.2 Å². The fraction of sp³-hybridized carbons (Fsp3) is 0.500. The summed E-state index contributed by atoms with van der Waals surface area (Å²) in [5, 5.41) is 12.0. The van der Waals surface area contributed by atoms with Gasteiger partial charge in [-0.05, 0) is 18.4 Å². The van der Waals surface area contributed by atoms with Crippen molar-refractivity contribution >= 4 is 29.1 Å². The second-order valence-electron chi connectivity index (χ2n) is 3.67. The molecule has 0 aliphatic heterocycles. The smallest absolute Gasteiger partial charge is 0.267 e. The van der Waals surface area contributed by atoms with E-state index in [9.17, 15) is 4.79 Å². The van der Waals surface area contributed by atoms with Crippen LogP contribution in [0.15, 0.2) is 6.07 Å². The molecule has 1 unspecified atom stereocenters. The van der Waals surface area contributed by atoms with Crippen LogP contribution in [0.1, 0.15) is 23.8 Å². The maximum atomic E-state index is 11.6. The zero-order valence-electron chi connectivity index (χ0n) is 8.89. The highest BCUT2D eigenvalue weighted by atomic mass is 35.5. The molecule has 6 heteroatoms. The predicted octanol–water partition coefficient (Wildman–Crippen LogP) is 2.07. The first-order valence-electron chi connectivity index (χ1n) is 4.97. The number of H-pyrrole nitrogens is 1. The molecule has 90 valence electrons. The van der Waals surface area contributed by atoms with Crippen molar-refractivity contribution in [3.63, 3.8) is 0 Å². The first-order chi connectivity index (χ1) is 7.54. The second-order valence-corrected chi connectivity index (χ2v) is 4.46. The number of carbonyl (C=O) groups is 1. The first-order valence-corrected chi connectivity index (χ1v) is 5.73. The van der Waals surface area contributed by atoms with Gasteiger partial charge in [-0.2, -0.15) is 0 Å². The third-order valence-electron chi connectivity index (χ3n) is 2.20. The van der Waals surface area contributed by atoms with E-state index >= 15 is 0 Å². The molecule has 1 aromatic heterocycles. The van der Waals surface area contributed by atoms with Gasteiger partial charge >= 0.3 is 0 Å². The minimum Gasteiger partial charge on any atom is -0.396 e. The summed E-state index contributed by atoms with van der Waals surface area (Å²) in [5.41, 5.74) is 0.339. The number of carbonyl (C=O) groups excluding carboxylic acids is 1. The highest BCUT2D eigenvalue weighted by molar-refractivity contribution is 6.41. The molecule has 0 fully saturated rings. The van der Waals surface area contributed by atoms with E-state index in [-0.39, 0.29) is 23.6 Å². The van der Waals surface area contributed by atoms with Crippen LogP contribution < -0.4 is 5.32 Å². The normalized spacial score (nSPS) is 12.5. The summed E-state index contributed by atoms with van der Waals surface area (Å²) in [4.78, 5) is 14.3. The molecule has 1 amide bonds. The molecule has 1 rings (SSSR count). The molecule has 0 saturated carbocycles. The van der Waals surface area contributed by atoms with Crippen LogP contribution in [0.25, 0.3) is 0 Å². The maximum Gasteiger partial charge on any atom is 0.267 e. The van der Waals surface area contributed by atoms with Gasteiger partial charge in [0.25, 0.3) is 5.91 Å². The molecule has 4 nitrogen and oxygen atoms in total. The van der Waals surface area contributed by atoms with Gasteiger partial charge in [0.2, 0.25) is 0 Å². The van der Waals surface area contributed by atoms with Gasteiger partial charge in [-0.15, -0.1) is 0 Å². The van der Waals surface area contributed by atoms with Gasteiger partial charge in [0.05, 0.1) is 5.02 Å². The molecule has 0 aliphatic rings. The molecule has 16 heavy (non-hydrogen) atoms. The summed E-state index contributed by atoms with van der Waals surface area (Å²) >= 11 is 11.4. The Kier molecular flexibility index (Phi) is 5.12. The lowest BCUT2D eigenvalue weighted by Crippen LogP contribution is -2.28. The van der Waals surface area contributed by atoms with Crippen LogP contribution in [0, 0.1) is 5.92 Å². The zero-order valence-corrected chi connectivity index (χ0v) is 10.4. The van der Waals surface area contributed by atoms with Crippen molar-refractivity contribution in [2.45, 2.75) is 13.3 Å². The van der Waals surface area contributed by atoms with Gasteiger partial charge in [-0.3, -0.25) is 4.79 Å². The topological polar surface area (TPSA) is 65.1 Å². The Balaban J connectivity index is 2.46. The predicted molar refractivity (Wildman–Crippen MR) is 64.0 cm³/mol. The van der Waals surface area contributed by atoms with Crippen LogP contribution in [-0.2, 0) is 0 Å². The molecular formula is C10H14Cl2N2O2. The maximum absolute atomic E-state index is 11.6. The molecule has 3 N–H and O–H groups in total. The summed E-state index contributed by atoms with van der Waals surface area (Å²) in [5.74, 6) is -0.0200. The van der Waals surface area contributed by atoms with Gasteiger partial charge in [0.15, 0.2) is 0 Å². The van der Waals surface area contributed by atoms with Gasteiger partial charge in [0.1, 0.15) is 10.8 Å². The Bertz CT molecular complexity index is 346. The number of aliphatic hydroxyl groups excluding tert-OH is 1. The average molecular weight is 265 g/mol. The minimum absolute atomic E-state index is 0.122. The molecule has 0 radical (unpaired) electrons. The molecule has 1 atom stereocenters. The number of hydrogen-bond acceptors (Lipinski definition) is 2. The minimum atomic E-state index is -0.251. The molecule has 1 aromatic rings. The van der Waals surface area contributed by atoms with E-state index in [1.54, 1.807) is 0 Å². The molecule has 0 aromatic carbocycles. The molecule has 0 spiro atoms. The summed E-state index contributed by atoms with van der Waals surface area (Å²) in [6.07, 6.45) is 0.659. The Morgan fingerprint density at radius 2 is 2.31 bits per heavy atom. The summed E-state index contributed by atoms with van der Waals surface area (Å²) in [6.45, 7) is 2.58. The lowest BCUT2D eigenvalue weighted by atomic mass is 10.1. The average Bonchev–Trinajstić information content (AvgIpc) is 2.56. The van der Waals surface area contributed by atoms with E-state index in [1.165, 1.54) is 6.07 Å². The fourth-order valence-electron chi connectivity index (χ4n) is 1.21. The lowest BCUT2D eigenvalue weighted by molar-refractivity contribution is 0.0941. The van der Waals surface area contributed by atoms with Crippen molar-refractivity contribution in [1.29, 1.82) is 0 Å². The molecule has 0 bridgehead atoms. The number of amides is 1. The number of aromatic nitrogens is 1. The quantitative estimate of drug-likeness (QED) is 0.763. The van der Waals surface area contributed by atoms with E-state index in [2.05, 4.69) is 10.3 Å². The number of rotatable bonds is 5. The van der Waals surface area contributed by atoms with E-state index in [0.29, 0.717) is 23.7 Å². The fourth-order valence-corrected chi connectivity index (χ4v) is 1.52. The Labute approximate surface area is 104 Å². The molecular weight excluding hydrogens is 251 g/mol. The van der Waals surface area contributed by atoms with Crippen molar-refractivity contribution in [2.75, 3.05) is 13.2 Å². The van der Waals surface area contributed by atoms with E-state index in [4.69, 9.17) is 28.3 Å². The van der Waals surface area contributed by atoms with Crippen LogP contribution in [0.5, 0.6) is 0 Å². The van der Waals surface area contributed by atoms with E-state index in [0.717, 1.165) is 0 Å². The van der Waals surface area contributed by atoms with Crippen molar-refractivity contribution in [2.24, 2.45) is 5.92 Å². The van der Waals surface area contributed by atoms with Gasteiger partial charge in [0, 0.05) is 13.2 Å². The van der Waals surface area contributed by atoms with Gasteiger partial charge in [-0.1, -0.05) is 30.1 Å². The number of hydrogen-bond donors (Lipinski definition) is 3. The summed E-state index contributed by atoms with van der Waals surface area (Å²) < 4.78 is 0. The van der Waals surface area contributed by atoms with Crippen LogP contribution in [0.4, 0.5) is 0 Å². The Hall–Kier alpha value is -0.710. The SMILES string of the molecule is CC(CCO)CNC(=O)c1cc(Cl)c(Cl)[nH]1. The number of halogens is 2. The molecule has 0 saturated heterocycles. The van der Waals surface area contributed by atoms with Crippen molar-refractivity contribution in [1.82, 2.24) is 10.3 Å². The monoisotopic (exact) mass is 264 g/mol. The number of nitrogens with one attached hydrogen (secondary N) is 2. The third-order valence-corrected chi connectivity index (χ3v) is 2.90. The van der Waals surface area contributed by atoms with E-state index in [1.807, 2.05) is 6.92 Å². The largest absolute Gasteiger partial charge is 0.396 e. The Morgan fingerprint density at radius 3 is 2.81 bits per heavy atom. The second kappa shape index (κ2) is 6.13.